The van der Waals surface area contributed by atoms with Crippen LogP contribution in [0.3, 0.4) is 0 Å². The van der Waals surface area contributed by atoms with Crippen LogP contribution in [0.4, 0.5) is 5.69 Å². The fourth-order valence-corrected chi connectivity index (χ4v) is 2.46. The van der Waals surface area contributed by atoms with E-state index in [0.29, 0.717) is 37.6 Å². The highest BCUT2D eigenvalue weighted by atomic mass is 32.2. The van der Waals surface area contributed by atoms with Crippen LogP contribution in [0.15, 0.2) is 24.3 Å². The van der Waals surface area contributed by atoms with E-state index in [1.54, 1.807) is 24.3 Å². The van der Waals surface area contributed by atoms with Crippen LogP contribution in [-0.4, -0.2) is 39.5 Å². The van der Waals surface area contributed by atoms with Crippen molar-refractivity contribution in [2.45, 2.75) is 13.3 Å². The first-order chi connectivity index (χ1) is 9.01. The summed E-state index contributed by atoms with van der Waals surface area (Å²) in [6.07, 6.45) is 0.616. The van der Waals surface area contributed by atoms with Gasteiger partial charge in [0.15, 0.2) is 0 Å². The average Bonchev–Trinajstić information content (AvgIpc) is 2.38. The molecule has 0 radical (unpaired) electrons. The molecule has 0 spiro atoms. The molecule has 7 heteroatoms. The Kier molecular flexibility index (Phi) is 6.07. The Hall–Kier alpha value is -1.31. The Balaban J connectivity index is 2.83. The van der Waals surface area contributed by atoms with Gasteiger partial charge in [0.2, 0.25) is 0 Å². The lowest BCUT2D eigenvalue weighted by Crippen LogP contribution is -2.34. The number of anilines is 1. The van der Waals surface area contributed by atoms with Gasteiger partial charge in [0.25, 0.3) is 0 Å². The SMILES string of the molecule is CCOc1ccccc1NS(=O)(=O)N(C)CCCN. The van der Waals surface area contributed by atoms with E-state index >= 15 is 0 Å². The van der Waals surface area contributed by atoms with E-state index in [-0.39, 0.29) is 0 Å². The smallest absolute Gasteiger partial charge is 0.301 e. The van der Waals surface area contributed by atoms with Gasteiger partial charge in [-0.05, 0) is 32.0 Å². The molecule has 0 saturated carbocycles. The molecular formula is C12H21N3O3S. The molecule has 0 atom stereocenters. The van der Waals surface area contributed by atoms with Crippen LogP contribution in [-0.2, 0) is 10.2 Å². The number of nitrogens with zero attached hydrogens (tertiary/aromatic N) is 1. The molecule has 0 heterocycles. The summed E-state index contributed by atoms with van der Waals surface area (Å²) < 4.78 is 33.3. The number of para-hydroxylation sites is 2. The van der Waals surface area contributed by atoms with E-state index in [1.807, 2.05) is 6.92 Å². The number of ether oxygens (including phenoxy) is 1. The van der Waals surface area contributed by atoms with E-state index in [2.05, 4.69) is 4.72 Å². The van der Waals surface area contributed by atoms with Crippen molar-refractivity contribution in [1.29, 1.82) is 0 Å². The molecule has 0 aliphatic rings. The van der Waals surface area contributed by atoms with Crippen molar-refractivity contribution in [3.05, 3.63) is 24.3 Å². The first-order valence-electron chi connectivity index (χ1n) is 6.17. The monoisotopic (exact) mass is 287 g/mol. The predicted molar refractivity (Wildman–Crippen MR) is 76.5 cm³/mol. The number of nitrogens with two attached hydrogens (primary N) is 1. The summed E-state index contributed by atoms with van der Waals surface area (Å²) in [7, 11) is -2.06. The zero-order valence-corrected chi connectivity index (χ0v) is 12.1. The van der Waals surface area contributed by atoms with E-state index in [9.17, 15) is 8.42 Å². The fraction of sp³-hybridized carbons (Fsp3) is 0.500. The highest BCUT2D eigenvalue weighted by Crippen LogP contribution is 2.25. The Morgan fingerprint density at radius 2 is 2.05 bits per heavy atom. The van der Waals surface area contributed by atoms with Crippen molar-refractivity contribution in [3.8, 4) is 5.75 Å². The third-order valence-corrected chi connectivity index (χ3v) is 3.99. The van der Waals surface area contributed by atoms with Crippen LogP contribution in [0.2, 0.25) is 0 Å². The third kappa shape index (κ3) is 4.70. The summed E-state index contributed by atoms with van der Waals surface area (Å²) in [6.45, 7) is 3.15. The second kappa shape index (κ2) is 7.32. The lowest BCUT2D eigenvalue weighted by atomic mass is 10.3. The normalized spacial score (nSPS) is 11.6. The zero-order chi connectivity index (χ0) is 14.3. The molecule has 3 N–H and O–H groups in total. The highest BCUT2D eigenvalue weighted by Gasteiger charge is 2.18. The molecule has 0 aliphatic heterocycles. The zero-order valence-electron chi connectivity index (χ0n) is 11.3. The molecule has 0 bridgehead atoms. The van der Waals surface area contributed by atoms with Crippen molar-refractivity contribution in [3.63, 3.8) is 0 Å². The Morgan fingerprint density at radius 3 is 2.68 bits per heavy atom. The third-order valence-electron chi connectivity index (χ3n) is 2.51. The van der Waals surface area contributed by atoms with Crippen LogP contribution in [0, 0.1) is 0 Å². The van der Waals surface area contributed by atoms with Gasteiger partial charge in [-0.25, -0.2) is 0 Å². The van der Waals surface area contributed by atoms with Gasteiger partial charge in [-0.15, -0.1) is 0 Å². The van der Waals surface area contributed by atoms with Crippen molar-refractivity contribution >= 4 is 15.9 Å². The summed E-state index contributed by atoms with van der Waals surface area (Å²) in [6, 6.07) is 6.93. The molecular weight excluding hydrogens is 266 g/mol. The van der Waals surface area contributed by atoms with Crippen molar-refractivity contribution in [2.75, 3.05) is 31.5 Å². The topological polar surface area (TPSA) is 84.7 Å². The van der Waals surface area contributed by atoms with Crippen molar-refractivity contribution < 1.29 is 13.2 Å². The Morgan fingerprint density at radius 1 is 1.37 bits per heavy atom. The van der Waals surface area contributed by atoms with Crippen molar-refractivity contribution in [1.82, 2.24) is 4.31 Å². The molecule has 0 saturated heterocycles. The molecule has 108 valence electrons. The molecule has 0 amide bonds. The van der Waals surface area contributed by atoms with Gasteiger partial charge in [-0.3, -0.25) is 4.72 Å². The lowest BCUT2D eigenvalue weighted by Gasteiger charge is -2.19. The van der Waals surface area contributed by atoms with E-state index in [1.165, 1.54) is 11.4 Å². The maximum Gasteiger partial charge on any atom is 0.301 e. The molecule has 1 rings (SSSR count). The maximum atomic E-state index is 12.1. The van der Waals surface area contributed by atoms with Crippen molar-refractivity contribution in [2.24, 2.45) is 5.73 Å². The van der Waals surface area contributed by atoms with Gasteiger partial charge >= 0.3 is 10.2 Å². The molecule has 0 aromatic heterocycles. The first-order valence-corrected chi connectivity index (χ1v) is 7.61. The largest absolute Gasteiger partial charge is 0.492 e. The second-order valence-electron chi connectivity index (χ2n) is 4.00. The number of benzene rings is 1. The van der Waals surface area contributed by atoms with Gasteiger partial charge in [-0.1, -0.05) is 12.1 Å². The van der Waals surface area contributed by atoms with Gasteiger partial charge in [0.1, 0.15) is 5.75 Å². The first kappa shape index (κ1) is 15.7. The lowest BCUT2D eigenvalue weighted by molar-refractivity contribution is 0.342. The minimum Gasteiger partial charge on any atom is -0.492 e. The second-order valence-corrected chi connectivity index (χ2v) is 5.78. The van der Waals surface area contributed by atoms with E-state index in [0.717, 1.165) is 0 Å². The highest BCUT2D eigenvalue weighted by molar-refractivity contribution is 7.90. The van der Waals surface area contributed by atoms with Crippen LogP contribution in [0.5, 0.6) is 5.75 Å². The predicted octanol–water partition coefficient (Wildman–Crippen LogP) is 1.02. The summed E-state index contributed by atoms with van der Waals surface area (Å²) in [4.78, 5) is 0. The number of rotatable bonds is 8. The van der Waals surface area contributed by atoms with E-state index in [4.69, 9.17) is 10.5 Å². The average molecular weight is 287 g/mol. The fourth-order valence-electron chi connectivity index (χ4n) is 1.48. The quantitative estimate of drug-likeness (QED) is 0.747. The minimum absolute atomic E-state index is 0.378. The number of nitrogens with one attached hydrogen (secondary N) is 1. The molecule has 19 heavy (non-hydrogen) atoms. The Bertz CT molecular complexity index is 491. The molecule has 0 fully saturated rings. The van der Waals surface area contributed by atoms with E-state index < -0.39 is 10.2 Å². The molecule has 0 unspecified atom stereocenters. The van der Waals surface area contributed by atoms with Gasteiger partial charge in [0.05, 0.1) is 12.3 Å². The van der Waals surface area contributed by atoms with Crippen LogP contribution in [0.1, 0.15) is 13.3 Å². The summed E-state index contributed by atoms with van der Waals surface area (Å²) in [5.74, 6) is 0.515. The Labute approximate surface area is 114 Å². The molecule has 0 aliphatic carbocycles. The number of hydrogen-bond acceptors (Lipinski definition) is 4. The standard InChI is InChI=1S/C12H21N3O3S/c1-3-18-12-8-5-4-7-11(12)14-19(16,17)15(2)10-6-9-13/h4-5,7-8,14H,3,6,9-10,13H2,1-2H3. The van der Waals surface area contributed by atoms with Gasteiger partial charge < -0.3 is 10.5 Å². The van der Waals surface area contributed by atoms with Crippen LogP contribution in [0.25, 0.3) is 0 Å². The molecule has 1 aromatic carbocycles. The van der Waals surface area contributed by atoms with Gasteiger partial charge in [-0.2, -0.15) is 12.7 Å². The molecule has 6 nitrogen and oxygen atoms in total. The summed E-state index contributed by atoms with van der Waals surface area (Å²) >= 11 is 0. The summed E-state index contributed by atoms with van der Waals surface area (Å²) in [5, 5.41) is 0. The summed E-state index contributed by atoms with van der Waals surface area (Å²) in [5.41, 5.74) is 5.81. The van der Waals surface area contributed by atoms with Crippen LogP contribution >= 0.6 is 0 Å². The maximum absolute atomic E-state index is 12.1. The van der Waals surface area contributed by atoms with Gasteiger partial charge in [0, 0.05) is 13.6 Å². The minimum atomic E-state index is -3.58. The van der Waals surface area contributed by atoms with Crippen LogP contribution < -0.4 is 15.2 Å². The molecule has 1 aromatic rings. The number of hydrogen-bond donors (Lipinski definition) is 2.